The van der Waals surface area contributed by atoms with Gasteiger partial charge in [-0.3, -0.25) is 0 Å². The topological polar surface area (TPSA) is 58.6 Å². The normalized spacial score (nSPS) is 19.0. The lowest BCUT2D eigenvalue weighted by Gasteiger charge is -2.41. The van der Waals surface area contributed by atoms with Gasteiger partial charge in [0.25, 0.3) is 0 Å². The Labute approximate surface area is 159 Å². The fraction of sp³-hybridized carbons (Fsp3) is 0.643. The van der Waals surface area contributed by atoms with Gasteiger partial charge < -0.3 is 14.5 Å². The fourth-order valence-corrected chi connectivity index (χ4v) is 3.31. The lowest BCUT2D eigenvalue weighted by Crippen LogP contribution is -2.55. The lowest BCUT2D eigenvalue weighted by molar-refractivity contribution is 0.0218. The number of hydrogen-bond donors (Lipinski definition) is 0. The maximum absolute atomic E-state index is 12.2. The van der Waals surface area contributed by atoms with Crippen LogP contribution in [0.2, 0.25) is 10.2 Å². The predicted molar refractivity (Wildman–Crippen MR) is 99.4 cm³/mol. The monoisotopic (exact) mass is 472 g/mol. The summed E-state index contributed by atoms with van der Waals surface area (Å²) in [6.45, 7) is 9.25. The zero-order valence-electron chi connectivity index (χ0n) is 13.4. The van der Waals surface area contributed by atoms with E-state index >= 15 is 0 Å². The number of ether oxygens (including phenoxy) is 1. The van der Waals surface area contributed by atoms with Crippen molar-refractivity contribution in [2.24, 2.45) is 0 Å². The van der Waals surface area contributed by atoms with Crippen molar-refractivity contribution in [2.45, 2.75) is 39.3 Å². The second-order valence-corrected chi connectivity index (χ2v) is 8.09. The Morgan fingerprint density at radius 3 is 2.52 bits per heavy atom. The Bertz CT molecular complexity index is 609. The third-order valence-electron chi connectivity index (χ3n) is 3.32. The molecule has 0 spiro atoms. The highest BCUT2D eigenvalue weighted by molar-refractivity contribution is 14.1. The van der Waals surface area contributed by atoms with E-state index in [-0.39, 0.29) is 17.3 Å². The van der Waals surface area contributed by atoms with Crippen LogP contribution in [0.3, 0.4) is 0 Å². The molecule has 23 heavy (non-hydrogen) atoms. The fourth-order valence-electron chi connectivity index (χ4n) is 2.34. The number of carbonyl (C=O) groups excluding carboxylic acids is 1. The van der Waals surface area contributed by atoms with Gasteiger partial charge in [-0.15, -0.1) is 0 Å². The Morgan fingerprint density at radius 1 is 1.30 bits per heavy atom. The number of nitrogens with zero attached hydrogens (tertiary/aromatic N) is 4. The summed E-state index contributed by atoms with van der Waals surface area (Å²) in [5.74, 6) is 0.604. The zero-order chi connectivity index (χ0) is 17.4. The van der Waals surface area contributed by atoms with Gasteiger partial charge in [0.05, 0.1) is 0 Å². The molecular formula is C14H19Cl2IN4O2. The summed E-state index contributed by atoms with van der Waals surface area (Å²) in [5, 5.41) is 0.576. The van der Waals surface area contributed by atoms with E-state index in [1.54, 1.807) is 4.90 Å². The summed E-state index contributed by atoms with van der Waals surface area (Å²) in [7, 11) is 0. The van der Waals surface area contributed by atoms with Gasteiger partial charge >= 0.3 is 6.09 Å². The molecule has 0 aliphatic carbocycles. The molecule has 128 valence electrons. The first-order valence-electron chi connectivity index (χ1n) is 7.21. The highest BCUT2D eigenvalue weighted by Crippen LogP contribution is 2.32. The van der Waals surface area contributed by atoms with Crippen LogP contribution in [0.5, 0.6) is 0 Å². The average Bonchev–Trinajstić information content (AvgIpc) is 2.41. The van der Waals surface area contributed by atoms with Crippen LogP contribution in [-0.2, 0) is 4.74 Å². The number of anilines is 1. The van der Waals surface area contributed by atoms with Crippen LogP contribution in [0, 0.1) is 3.83 Å². The maximum atomic E-state index is 12.2. The van der Waals surface area contributed by atoms with Crippen LogP contribution in [-0.4, -0.2) is 52.2 Å². The van der Waals surface area contributed by atoms with Gasteiger partial charge in [-0.2, -0.15) is 0 Å². The summed E-state index contributed by atoms with van der Waals surface area (Å²) >= 11 is 14.3. The summed E-state index contributed by atoms with van der Waals surface area (Å²) in [4.78, 5) is 24.4. The zero-order valence-corrected chi connectivity index (χ0v) is 17.1. The van der Waals surface area contributed by atoms with Gasteiger partial charge in [0.1, 0.15) is 10.6 Å². The highest BCUT2D eigenvalue weighted by atomic mass is 127. The Hall–Kier alpha value is -0.540. The molecule has 0 aromatic carbocycles. The van der Waals surface area contributed by atoms with E-state index in [1.165, 1.54) is 0 Å². The minimum Gasteiger partial charge on any atom is -0.444 e. The van der Waals surface area contributed by atoms with Crippen molar-refractivity contribution in [1.82, 2.24) is 14.9 Å². The molecule has 0 bridgehead atoms. The molecule has 1 fully saturated rings. The maximum Gasteiger partial charge on any atom is 0.410 e. The van der Waals surface area contributed by atoms with Crippen molar-refractivity contribution < 1.29 is 9.53 Å². The highest BCUT2D eigenvalue weighted by Gasteiger charge is 2.31. The molecule has 0 radical (unpaired) electrons. The average molecular weight is 473 g/mol. The minimum atomic E-state index is -0.503. The number of piperazine rings is 1. The van der Waals surface area contributed by atoms with Crippen LogP contribution in [0.15, 0.2) is 0 Å². The van der Waals surface area contributed by atoms with E-state index in [9.17, 15) is 4.79 Å². The van der Waals surface area contributed by atoms with Crippen LogP contribution in [0.1, 0.15) is 27.7 Å². The van der Waals surface area contributed by atoms with Gasteiger partial charge in [0.15, 0.2) is 14.8 Å². The summed E-state index contributed by atoms with van der Waals surface area (Å²) in [6, 6.07) is 0.0375. The molecule has 1 amide bonds. The summed E-state index contributed by atoms with van der Waals surface area (Å²) in [6.07, 6.45) is -0.301. The number of rotatable bonds is 1. The minimum absolute atomic E-state index is 0.0375. The van der Waals surface area contributed by atoms with Gasteiger partial charge in [-0.25, -0.2) is 14.8 Å². The first kappa shape index (κ1) is 18.8. The Balaban J connectivity index is 2.12. The Morgan fingerprint density at radius 2 is 1.96 bits per heavy atom. The lowest BCUT2D eigenvalue weighted by atomic mass is 10.2. The third-order valence-corrected chi connectivity index (χ3v) is 4.52. The first-order chi connectivity index (χ1) is 10.6. The van der Waals surface area contributed by atoms with Crippen LogP contribution >= 0.6 is 45.8 Å². The van der Waals surface area contributed by atoms with Crippen molar-refractivity contribution in [3.05, 3.63) is 14.0 Å². The Kier molecular flexibility index (Phi) is 5.84. The molecule has 0 N–H and O–H groups in total. The third kappa shape index (κ3) is 4.73. The smallest absolute Gasteiger partial charge is 0.410 e. The standard InChI is InChI=1S/C14H19Cl2IN4O2/c1-8-7-20(13(22)23-14(2,3)4)5-6-21(8)11-9(15)10(16)18-12(17)19-11/h8H,5-7H2,1-4H3/t8-/m1/s1. The number of hydrogen-bond acceptors (Lipinski definition) is 5. The van der Waals surface area contributed by atoms with Crippen molar-refractivity contribution in [3.8, 4) is 0 Å². The van der Waals surface area contributed by atoms with Crippen LogP contribution in [0.25, 0.3) is 0 Å². The van der Waals surface area contributed by atoms with E-state index in [0.29, 0.717) is 34.3 Å². The van der Waals surface area contributed by atoms with Crippen molar-refractivity contribution in [2.75, 3.05) is 24.5 Å². The molecule has 1 aliphatic rings. The van der Waals surface area contributed by atoms with E-state index < -0.39 is 5.60 Å². The van der Waals surface area contributed by atoms with E-state index in [0.717, 1.165) is 0 Å². The van der Waals surface area contributed by atoms with Crippen molar-refractivity contribution >= 4 is 57.7 Å². The van der Waals surface area contributed by atoms with Crippen molar-refractivity contribution in [1.29, 1.82) is 0 Å². The molecule has 1 aliphatic heterocycles. The molecule has 9 heteroatoms. The molecule has 1 atom stereocenters. The molecule has 1 saturated heterocycles. The quantitative estimate of drug-likeness (QED) is 0.353. The number of amides is 1. The van der Waals surface area contributed by atoms with Crippen LogP contribution in [0.4, 0.5) is 10.6 Å². The molecule has 2 heterocycles. The van der Waals surface area contributed by atoms with Crippen molar-refractivity contribution in [3.63, 3.8) is 0 Å². The van der Waals surface area contributed by atoms with Gasteiger partial charge in [-0.05, 0) is 27.7 Å². The molecule has 6 nitrogen and oxygen atoms in total. The number of aromatic nitrogens is 2. The molecular weight excluding hydrogens is 454 g/mol. The molecule has 1 aromatic rings. The number of halogens is 3. The van der Waals surface area contributed by atoms with E-state index in [1.807, 2.05) is 55.2 Å². The molecule has 2 rings (SSSR count). The van der Waals surface area contributed by atoms with Gasteiger partial charge in [0, 0.05) is 48.3 Å². The van der Waals surface area contributed by atoms with Gasteiger partial charge in [0.2, 0.25) is 0 Å². The van der Waals surface area contributed by atoms with Gasteiger partial charge in [-0.1, -0.05) is 23.2 Å². The largest absolute Gasteiger partial charge is 0.444 e. The first-order valence-corrected chi connectivity index (χ1v) is 9.05. The second-order valence-electron chi connectivity index (χ2n) is 6.39. The molecule has 0 saturated carbocycles. The second kappa shape index (κ2) is 7.14. The van der Waals surface area contributed by atoms with Crippen LogP contribution < -0.4 is 4.90 Å². The summed E-state index contributed by atoms with van der Waals surface area (Å²) < 4.78 is 5.96. The molecule has 1 aromatic heterocycles. The summed E-state index contributed by atoms with van der Waals surface area (Å²) in [5.41, 5.74) is -0.503. The molecule has 0 unspecified atom stereocenters. The SMILES string of the molecule is C[C@@H]1CN(C(=O)OC(C)(C)C)CCN1c1nc(I)nc(Cl)c1Cl. The number of carbonyl (C=O) groups is 1. The predicted octanol–water partition coefficient (Wildman–Crippen LogP) is 3.83. The van der Waals surface area contributed by atoms with E-state index in [4.69, 9.17) is 27.9 Å². The van der Waals surface area contributed by atoms with E-state index in [2.05, 4.69) is 9.97 Å².